The van der Waals surface area contributed by atoms with E-state index in [1.807, 2.05) is 6.07 Å². The number of nitrogens with one attached hydrogen (secondary N) is 1. The van der Waals surface area contributed by atoms with E-state index in [0.717, 1.165) is 11.1 Å². The van der Waals surface area contributed by atoms with Crippen molar-refractivity contribution in [3.8, 4) is 11.3 Å². The van der Waals surface area contributed by atoms with E-state index in [-0.39, 0.29) is 5.82 Å². The Balaban J connectivity index is 2.31. The molecule has 2 aromatic heterocycles. The van der Waals surface area contributed by atoms with Gasteiger partial charge >= 0.3 is 0 Å². The van der Waals surface area contributed by atoms with Gasteiger partial charge in [-0.2, -0.15) is 0 Å². The van der Waals surface area contributed by atoms with Gasteiger partial charge in [-0.1, -0.05) is 6.07 Å². The van der Waals surface area contributed by atoms with Crippen LogP contribution in [0.5, 0.6) is 0 Å². The highest BCUT2D eigenvalue weighted by atomic mass is 19.1. The fourth-order valence-electron chi connectivity index (χ4n) is 1.94. The zero-order chi connectivity index (χ0) is 11.8. The van der Waals surface area contributed by atoms with Gasteiger partial charge in [0.2, 0.25) is 0 Å². The van der Waals surface area contributed by atoms with Crippen LogP contribution in [0, 0.1) is 5.82 Å². The van der Waals surface area contributed by atoms with Gasteiger partial charge in [0.25, 0.3) is 0 Å². The predicted octanol–water partition coefficient (Wildman–Crippen LogP) is 2.95. The van der Waals surface area contributed by atoms with Crippen molar-refractivity contribution in [3.63, 3.8) is 0 Å². The summed E-state index contributed by atoms with van der Waals surface area (Å²) < 4.78 is 13.8. The minimum Gasteiger partial charge on any atom is -0.399 e. The molecule has 3 N–H and O–H groups in total. The van der Waals surface area contributed by atoms with E-state index < -0.39 is 0 Å². The third-order valence-corrected chi connectivity index (χ3v) is 2.71. The molecule has 0 unspecified atom stereocenters. The van der Waals surface area contributed by atoms with Crippen LogP contribution in [0.1, 0.15) is 0 Å². The number of nitrogens with zero attached hydrogens (tertiary/aromatic N) is 1. The average molecular weight is 227 g/mol. The number of halogens is 1. The molecule has 0 spiro atoms. The van der Waals surface area contributed by atoms with Crippen LogP contribution in [0.15, 0.2) is 42.7 Å². The highest BCUT2D eigenvalue weighted by Crippen LogP contribution is 2.29. The molecule has 2 heterocycles. The van der Waals surface area contributed by atoms with Crippen LogP contribution >= 0.6 is 0 Å². The Labute approximate surface area is 97.1 Å². The summed E-state index contributed by atoms with van der Waals surface area (Å²) >= 11 is 0. The number of aromatic nitrogens is 2. The molecule has 0 aliphatic carbocycles. The molecule has 0 amide bonds. The van der Waals surface area contributed by atoms with Crippen molar-refractivity contribution in [1.29, 1.82) is 0 Å². The van der Waals surface area contributed by atoms with Crippen LogP contribution < -0.4 is 5.73 Å². The Bertz CT molecular complexity index is 688. The molecule has 3 rings (SSSR count). The summed E-state index contributed by atoms with van der Waals surface area (Å²) in [6.45, 7) is 0. The van der Waals surface area contributed by atoms with E-state index in [4.69, 9.17) is 5.73 Å². The van der Waals surface area contributed by atoms with Gasteiger partial charge in [-0.05, 0) is 24.3 Å². The van der Waals surface area contributed by atoms with Crippen molar-refractivity contribution in [2.24, 2.45) is 0 Å². The molecule has 0 aliphatic heterocycles. The lowest BCUT2D eigenvalue weighted by atomic mass is 10.1. The lowest BCUT2D eigenvalue weighted by Gasteiger charge is -2.00. The van der Waals surface area contributed by atoms with Crippen molar-refractivity contribution in [3.05, 3.63) is 48.5 Å². The first-order chi connectivity index (χ1) is 8.25. The van der Waals surface area contributed by atoms with Gasteiger partial charge in [-0.3, -0.25) is 4.98 Å². The smallest absolute Gasteiger partial charge is 0.133 e. The molecule has 0 saturated heterocycles. The van der Waals surface area contributed by atoms with Crippen molar-refractivity contribution in [2.45, 2.75) is 0 Å². The topological polar surface area (TPSA) is 54.7 Å². The van der Waals surface area contributed by atoms with Crippen molar-refractivity contribution in [1.82, 2.24) is 9.97 Å². The lowest BCUT2D eigenvalue weighted by molar-refractivity contribution is 0.640. The first-order valence-corrected chi connectivity index (χ1v) is 5.23. The molecule has 0 atom stereocenters. The van der Waals surface area contributed by atoms with Gasteiger partial charge in [0.05, 0.1) is 5.69 Å². The predicted molar refractivity (Wildman–Crippen MR) is 65.9 cm³/mol. The summed E-state index contributed by atoms with van der Waals surface area (Å²) in [6.07, 6.45) is 3.36. The van der Waals surface area contributed by atoms with Gasteiger partial charge in [0.15, 0.2) is 0 Å². The maximum atomic E-state index is 13.8. The van der Waals surface area contributed by atoms with Gasteiger partial charge in [0.1, 0.15) is 5.82 Å². The fraction of sp³-hybridized carbons (Fsp3) is 0. The molecule has 0 aliphatic rings. The lowest BCUT2D eigenvalue weighted by Crippen LogP contribution is -1.88. The second-order valence-electron chi connectivity index (χ2n) is 3.84. The fourth-order valence-corrected chi connectivity index (χ4v) is 1.94. The van der Waals surface area contributed by atoms with Gasteiger partial charge in [0, 0.05) is 34.5 Å². The zero-order valence-corrected chi connectivity index (χ0v) is 8.94. The number of hydrogen-bond acceptors (Lipinski definition) is 2. The highest BCUT2D eigenvalue weighted by Gasteiger charge is 2.11. The second-order valence-corrected chi connectivity index (χ2v) is 3.84. The molecule has 1 aromatic carbocycles. The quantitative estimate of drug-likeness (QED) is 0.671. The molecule has 0 bridgehead atoms. The minimum absolute atomic E-state index is 0.261. The Morgan fingerprint density at radius 1 is 1.24 bits per heavy atom. The molecule has 0 saturated carbocycles. The van der Waals surface area contributed by atoms with E-state index in [1.54, 1.807) is 30.6 Å². The third kappa shape index (κ3) is 1.54. The molecule has 3 nitrogen and oxygen atoms in total. The Kier molecular flexibility index (Phi) is 2.08. The first-order valence-electron chi connectivity index (χ1n) is 5.23. The molecular weight excluding hydrogens is 217 g/mol. The van der Waals surface area contributed by atoms with Crippen molar-refractivity contribution in [2.75, 3.05) is 5.73 Å². The summed E-state index contributed by atoms with van der Waals surface area (Å²) in [7, 11) is 0. The normalized spacial score (nSPS) is 10.9. The van der Waals surface area contributed by atoms with E-state index in [9.17, 15) is 4.39 Å². The van der Waals surface area contributed by atoms with Crippen molar-refractivity contribution >= 4 is 16.6 Å². The number of fused-ring (bicyclic) bond motifs is 1. The molecule has 4 heteroatoms. The summed E-state index contributed by atoms with van der Waals surface area (Å²) in [4.78, 5) is 7.23. The van der Waals surface area contributed by atoms with Gasteiger partial charge in [-0.25, -0.2) is 4.39 Å². The number of aromatic amines is 1. The highest BCUT2D eigenvalue weighted by molar-refractivity contribution is 5.95. The van der Waals surface area contributed by atoms with Crippen LogP contribution in [0.4, 0.5) is 10.1 Å². The molecule has 84 valence electrons. The number of rotatable bonds is 1. The molecule has 17 heavy (non-hydrogen) atoms. The van der Waals surface area contributed by atoms with E-state index in [0.29, 0.717) is 16.8 Å². The first kappa shape index (κ1) is 9.84. The maximum absolute atomic E-state index is 13.8. The summed E-state index contributed by atoms with van der Waals surface area (Å²) in [5.41, 5.74) is 8.46. The van der Waals surface area contributed by atoms with Crippen LogP contribution in [-0.2, 0) is 0 Å². The number of nitrogens with two attached hydrogens (primary N) is 1. The van der Waals surface area contributed by atoms with Crippen LogP contribution in [0.2, 0.25) is 0 Å². The number of hydrogen-bond donors (Lipinski definition) is 2. The molecular formula is C13H10FN3. The SMILES string of the molecule is Nc1ccnc(-c2c[nH]c3cccc(F)c23)c1. The van der Waals surface area contributed by atoms with E-state index >= 15 is 0 Å². The monoisotopic (exact) mass is 227 g/mol. The molecule has 3 aromatic rings. The zero-order valence-electron chi connectivity index (χ0n) is 8.94. The second kappa shape index (κ2) is 3.59. The summed E-state index contributed by atoms with van der Waals surface area (Å²) in [5, 5.41) is 0.547. The summed E-state index contributed by atoms with van der Waals surface area (Å²) in [6, 6.07) is 8.37. The van der Waals surface area contributed by atoms with Crippen LogP contribution in [-0.4, -0.2) is 9.97 Å². The number of H-pyrrole nitrogens is 1. The van der Waals surface area contributed by atoms with Gasteiger partial charge < -0.3 is 10.7 Å². The van der Waals surface area contributed by atoms with Crippen LogP contribution in [0.25, 0.3) is 22.2 Å². The maximum Gasteiger partial charge on any atom is 0.133 e. The number of anilines is 1. The molecule has 0 radical (unpaired) electrons. The minimum atomic E-state index is -0.261. The Hall–Kier alpha value is -2.36. The number of benzene rings is 1. The average Bonchev–Trinajstić information content (AvgIpc) is 2.74. The third-order valence-electron chi connectivity index (χ3n) is 2.71. The van der Waals surface area contributed by atoms with Crippen molar-refractivity contribution < 1.29 is 4.39 Å². The standard InChI is InChI=1S/C13H10FN3/c14-10-2-1-3-11-13(10)9(7-17-11)12-6-8(15)4-5-16-12/h1-7,17H,(H2,15,16). The van der Waals surface area contributed by atoms with E-state index in [1.165, 1.54) is 6.07 Å². The Morgan fingerprint density at radius 3 is 2.94 bits per heavy atom. The number of pyridine rings is 1. The molecule has 0 fully saturated rings. The summed E-state index contributed by atoms with van der Waals surface area (Å²) in [5.74, 6) is -0.261. The van der Waals surface area contributed by atoms with Crippen LogP contribution in [0.3, 0.4) is 0 Å². The number of nitrogen functional groups attached to an aromatic ring is 1. The van der Waals surface area contributed by atoms with E-state index in [2.05, 4.69) is 9.97 Å². The Morgan fingerprint density at radius 2 is 2.12 bits per heavy atom. The van der Waals surface area contributed by atoms with Gasteiger partial charge in [-0.15, -0.1) is 0 Å². The largest absolute Gasteiger partial charge is 0.399 e.